The highest BCUT2D eigenvalue weighted by Crippen LogP contribution is 2.39. The molecule has 0 spiro atoms. The van der Waals surface area contributed by atoms with E-state index in [-0.39, 0.29) is 17.9 Å². The van der Waals surface area contributed by atoms with Gasteiger partial charge in [0.25, 0.3) is 11.8 Å². The van der Waals surface area contributed by atoms with Crippen LogP contribution in [-0.2, 0) is 0 Å². The molecule has 0 aliphatic carbocycles. The molecule has 0 unspecified atom stereocenters. The first-order valence-corrected chi connectivity index (χ1v) is 12.2. The molecule has 7 heteroatoms. The van der Waals surface area contributed by atoms with Crippen LogP contribution >= 0.6 is 0 Å². The third kappa shape index (κ3) is 3.62. The van der Waals surface area contributed by atoms with Gasteiger partial charge >= 0.3 is 0 Å². The van der Waals surface area contributed by atoms with Gasteiger partial charge < -0.3 is 19.3 Å². The number of anilines is 1. The highest BCUT2D eigenvalue weighted by molar-refractivity contribution is 6.25. The summed E-state index contributed by atoms with van der Waals surface area (Å²) in [6, 6.07) is 15.5. The maximum absolute atomic E-state index is 13.0. The second kappa shape index (κ2) is 8.73. The number of nitrogens with zero attached hydrogens (tertiary/aromatic N) is 3. The van der Waals surface area contributed by atoms with E-state index < -0.39 is 0 Å². The molecule has 178 valence electrons. The molecule has 0 aromatic heterocycles. The molecule has 0 N–H and O–H groups in total. The first-order valence-electron chi connectivity index (χ1n) is 12.2. The third-order valence-electron chi connectivity index (χ3n) is 7.14. The lowest BCUT2D eigenvalue weighted by molar-refractivity contribution is 0.0774. The van der Waals surface area contributed by atoms with E-state index >= 15 is 0 Å². The summed E-state index contributed by atoms with van der Waals surface area (Å²) in [7, 11) is 1.58. The van der Waals surface area contributed by atoms with Gasteiger partial charge in [-0.25, -0.2) is 0 Å². The standard InChI is InChI=1S/C28H27N3O4/c1-34-24-15-21-22(29-17-19-9-6-13-30(19)28(21)33)16-25(24)35-14-3-2-12-31-23-11-5-8-18-7-4-10-20(26(18)23)27(31)32/h4-5,7-8,10-11,15-17,19H,2-3,6,9,12-14H2,1H3/t19-/m0/s1. The maximum Gasteiger partial charge on any atom is 0.258 e. The number of hydrogen-bond donors (Lipinski definition) is 0. The van der Waals surface area contributed by atoms with Gasteiger partial charge in [0.1, 0.15) is 0 Å². The highest BCUT2D eigenvalue weighted by Gasteiger charge is 2.33. The Kier molecular flexibility index (Phi) is 5.40. The normalized spacial score (nSPS) is 18.1. The summed E-state index contributed by atoms with van der Waals surface area (Å²) in [6.45, 7) is 1.86. The van der Waals surface area contributed by atoms with Crippen molar-refractivity contribution in [1.29, 1.82) is 0 Å². The monoisotopic (exact) mass is 469 g/mol. The molecule has 7 nitrogen and oxygen atoms in total. The number of carbonyl (C=O) groups is 2. The van der Waals surface area contributed by atoms with Gasteiger partial charge in [-0.3, -0.25) is 14.6 Å². The zero-order valence-corrected chi connectivity index (χ0v) is 19.7. The molecule has 2 amide bonds. The molecule has 6 rings (SSSR count). The van der Waals surface area contributed by atoms with Crippen molar-refractivity contribution >= 4 is 40.2 Å². The van der Waals surface area contributed by atoms with Crippen LogP contribution in [0.3, 0.4) is 0 Å². The first-order chi connectivity index (χ1) is 17.2. The number of aliphatic imine (C=N–C) groups is 1. The number of unbranched alkanes of at least 4 members (excludes halogenated alkanes) is 1. The van der Waals surface area contributed by atoms with E-state index in [0.29, 0.717) is 35.9 Å². The van der Waals surface area contributed by atoms with E-state index in [1.807, 2.05) is 52.4 Å². The minimum absolute atomic E-state index is 0.00357. The highest BCUT2D eigenvalue weighted by atomic mass is 16.5. The summed E-state index contributed by atoms with van der Waals surface area (Å²) in [5.41, 5.74) is 2.93. The van der Waals surface area contributed by atoms with E-state index in [1.165, 1.54) is 0 Å². The maximum atomic E-state index is 13.0. The molecule has 3 aliphatic rings. The van der Waals surface area contributed by atoms with Crippen LogP contribution in [0.4, 0.5) is 11.4 Å². The van der Waals surface area contributed by atoms with Crippen LogP contribution in [0.2, 0.25) is 0 Å². The smallest absolute Gasteiger partial charge is 0.258 e. The van der Waals surface area contributed by atoms with Gasteiger partial charge in [-0.05, 0) is 49.3 Å². The Hall–Kier alpha value is -3.87. The van der Waals surface area contributed by atoms with Crippen LogP contribution in [-0.4, -0.2) is 55.8 Å². The van der Waals surface area contributed by atoms with Gasteiger partial charge in [-0.2, -0.15) is 0 Å². The molecule has 3 aromatic carbocycles. The predicted molar refractivity (Wildman–Crippen MR) is 136 cm³/mol. The SMILES string of the molecule is COc1cc2c(cc1OCCCCN1C(=O)c3cccc4cccc1c34)N=C[C@@H]1CCCN1C2=O. The van der Waals surface area contributed by atoms with Crippen molar-refractivity contribution in [2.75, 3.05) is 31.7 Å². The number of benzene rings is 3. The van der Waals surface area contributed by atoms with E-state index in [4.69, 9.17) is 9.47 Å². The Morgan fingerprint density at radius 2 is 1.86 bits per heavy atom. The largest absolute Gasteiger partial charge is 0.493 e. The molecule has 0 saturated carbocycles. The number of hydrogen-bond acceptors (Lipinski definition) is 5. The fourth-order valence-electron chi connectivity index (χ4n) is 5.38. The molecule has 35 heavy (non-hydrogen) atoms. The first kappa shape index (κ1) is 21.6. The summed E-state index contributed by atoms with van der Waals surface area (Å²) in [5, 5.41) is 2.14. The quantitative estimate of drug-likeness (QED) is 0.457. The molecule has 0 bridgehead atoms. The number of methoxy groups -OCH3 is 1. The Labute approximate surface area is 203 Å². The van der Waals surface area contributed by atoms with Crippen molar-refractivity contribution in [3.8, 4) is 11.5 Å². The van der Waals surface area contributed by atoms with Gasteiger partial charge in [-0.1, -0.05) is 24.3 Å². The number of ether oxygens (including phenoxy) is 2. The third-order valence-corrected chi connectivity index (χ3v) is 7.14. The number of carbonyl (C=O) groups excluding carboxylic acids is 2. The van der Waals surface area contributed by atoms with Crippen LogP contribution in [0.5, 0.6) is 11.5 Å². The van der Waals surface area contributed by atoms with Gasteiger partial charge in [0.05, 0.1) is 36.7 Å². The fourth-order valence-corrected chi connectivity index (χ4v) is 5.38. The van der Waals surface area contributed by atoms with Crippen molar-refractivity contribution < 1.29 is 19.1 Å². The van der Waals surface area contributed by atoms with Gasteiger partial charge in [0.2, 0.25) is 0 Å². The second-order valence-corrected chi connectivity index (χ2v) is 9.20. The molecular weight excluding hydrogens is 442 g/mol. The van der Waals surface area contributed by atoms with Gasteiger partial charge in [-0.15, -0.1) is 0 Å². The molecule has 1 atom stereocenters. The van der Waals surface area contributed by atoms with Crippen LogP contribution in [0.1, 0.15) is 46.4 Å². The zero-order chi connectivity index (χ0) is 23.9. The average Bonchev–Trinajstić information content (AvgIpc) is 3.43. The van der Waals surface area contributed by atoms with E-state index in [2.05, 4.69) is 4.99 Å². The van der Waals surface area contributed by atoms with Crippen LogP contribution in [0.15, 0.2) is 53.5 Å². The summed E-state index contributed by atoms with van der Waals surface area (Å²) >= 11 is 0. The minimum Gasteiger partial charge on any atom is -0.493 e. The van der Waals surface area contributed by atoms with Gasteiger partial charge in [0, 0.05) is 36.3 Å². The fraction of sp³-hybridized carbons (Fsp3) is 0.321. The lowest BCUT2D eigenvalue weighted by Gasteiger charge is -2.20. The number of rotatable bonds is 7. The zero-order valence-electron chi connectivity index (χ0n) is 19.7. The molecule has 1 fully saturated rings. The van der Waals surface area contributed by atoms with Gasteiger partial charge in [0.15, 0.2) is 11.5 Å². The van der Waals surface area contributed by atoms with E-state index in [0.717, 1.165) is 54.3 Å². The summed E-state index contributed by atoms with van der Waals surface area (Å²) < 4.78 is 11.6. The Balaban J connectivity index is 1.11. The lowest BCUT2D eigenvalue weighted by atomic mass is 10.1. The molecule has 3 heterocycles. The number of amides is 2. The molecule has 0 radical (unpaired) electrons. The topological polar surface area (TPSA) is 71.4 Å². The van der Waals surface area contributed by atoms with Crippen molar-refractivity contribution in [3.63, 3.8) is 0 Å². The Bertz CT molecular complexity index is 1360. The van der Waals surface area contributed by atoms with Crippen molar-refractivity contribution in [2.24, 2.45) is 4.99 Å². The molecule has 3 aromatic rings. The minimum atomic E-state index is -0.00357. The average molecular weight is 470 g/mol. The van der Waals surface area contributed by atoms with Crippen LogP contribution < -0.4 is 14.4 Å². The summed E-state index contributed by atoms with van der Waals surface area (Å²) in [6.07, 6.45) is 5.40. The van der Waals surface area contributed by atoms with E-state index in [1.54, 1.807) is 19.2 Å². The predicted octanol–water partition coefficient (Wildman–Crippen LogP) is 4.99. The summed E-state index contributed by atoms with van der Waals surface area (Å²) in [4.78, 5) is 34.3. The molecule has 1 saturated heterocycles. The molecular formula is C28H27N3O4. The van der Waals surface area contributed by atoms with Crippen molar-refractivity contribution in [2.45, 2.75) is 31.7 Å². The van der Waals surface area contributed by atoms with Crippen molar-refractivity contribution in [3.05, 3.63) is 59.7 Å². The lowest BCUT2D eigenvalue weighted by Crippen LogP contribution is -2.35. The molecule has 3 aliphatic heterocycles. The Morgan fingerprint density at radius 1 is 1.00 bits per heavy atom. The number of fused-ring (bicyclic) bond motifs is 2. The van der Waals surface area contributed by atoms with Crippen LogP contribution in [0.25, 0.3) is 10.8 Å². The summed E-state index contributed by atoms with van der Waals surface area (Å²) in [5.74, 6) is 1.17. The van der Waals surface area contributed by atoms with Crippen molar-refractivity contribution in [1.82, 2.24) is 4.90 Å². The second-order valence-electron chi connectivity index (χ2n) is 9.20. The Morgan fingerprint density at radius 3 is 2.71 bits per heavy atom. The van der Waals surface area contributed by atoms with E-state index in [9.17, 15) is 9.59 Å². The van der Waals surface area contributed by atoms with Crippen LogP contribution in [0, 0.1) is 0 Å².